The van der Waals surface area contributed by atoms with E-state index in [1.54, 1.807) is 0 Å². The third-order valence-corrected chi connectivity index (χ3v) is 4.03. The van der Waals surface area contributed by atoms with Crippen molar-refractivity contribution in [2.75, 3.05) is 19.6 Å². The largest absolute Gasteiger partial charge is 0.329 e. The van der Waals surface area contributed by atoms with Crippen LogP contribution in [0.2, 0.25) is 0 Å². The van der Waals surface area contributed by atoms with Crippen molar-refractivity contribution in [3.05, 3.63) is 35.4 Å². The van der Waals surface area contributed by atoms with Crippen molar-refractivity contribution in [3.63, 3.8) is 0 Å². The van der Waals surface area contributed by atoms with Crippen molar-refractivity contribution in [1.82, 2.24) is 4.90 Å². The zero-order valence-corrected chi connectivity index (χ0v) is 12.7. The second kappa shape index (κ2) is 8.32. The van der Waals surface area contributed by atoms with E-state index in [4.69, 9.17) is 5.73 Å². The van der Waals surface area contributed by atoms with Crippen LogP contribution in [0.3, 0.4) is 0 Å². The van der Waals surface area contributed by atoms with Crippen LogP contribution < -0.4 is 5.73 Å². The van der Waals surface area contributed by atoms with Crippen LogP contribution in [-0.4, -0.2) is 24.5 Å². The molecule has 0 radical (unpaired) electrons. The summed E-state index contributed by atoms with van der Waals surface area (Å²) in [5, 5.41) is 0. The van der Waals surface area contributed by atoms with Crippen LogP contribution in [0.4, 0.5) is 8.78 Å². The van der Waals surface area contributed by atoms with Gasteiger partial charge in [0.1, 0.15) is 11.6 Å². The topological polar surface area (TPSA) is 29.3 Å². The van der Waals surface area contributed by atoms with E-state index in [-0.39, 0.29) is 18.4 Å². The Morgan fingerprint density at radius 3 is 2.30 bits per heavy atom. The maximum atomic E-state index is 14.0. The molecule has 1 rings (SSSR count). The highest BCUT2D eigenvalue weighted by Crippen LogP contribution is 2.25. The maximum Gasteiger partial charge on any atom is 0.128 e. The SMILES string of the molecule is CCC(CC)CN(CC)C(CN)c1cc(F)ccc1F. The zero-order chi connectivity index (χ0) is 15.1. The third-order valence-electron chi connectivity index (χ3n) is 4.03. The molecule has 0 heterocycles. The van der Waals surface area contributed by atoms with E-state index in [1.165, 1.54) is 12.1 Å². The lowest BCUT2D eigenvalue weighted by Gasteiger charge is -2.33. The predicted octanol–water partition coefficient (Wildman–Crippen LogP) is 3.72. The molecule has 0 fully saturated rings. The molecule has 2 nitrogen and oxygen atoms in total. The average molecular weight is 284 g/mol. The van der Waals surface area contributed by atoms with E-state index in [9.17, 15) is 8.78 Å². The molecule has 0 bridgehead atoms. The maximum absolute atomic E-state index is 14.0. The molecular weight excluding hydrogens is 258 g/mol. The minimum atomic E-state index is -0.418. The summed E-state index contributed by atoms with van der Waals surface area (Å²) in [5.74, 6) is -0.246. The van der Waals surface area contributed by atoms with Gasteiger partial charge in [-0.2, -0.15) is 0 Å². The first-order chi connectivity index (χ1) is 9.57. The van der Waals surface area contributed by atoms with E-state index in [0.29, 0.717) is 11.5 Å². The molecule has 1 aromatic rings. The highest BCUT2D eigenvalue weighted by molar-refractivity contribution is 5.23. The van der Waals surface area contributed by atoms with E-state index >= 15 is 0 Å². The summed E-state index contributed by atoms with van der Waals surface area (Å²) >= 11 is 0. The molecule has 2 N–H and O–H groups in total. The summed E-state index contributed by atoms with van der Waals surface area (Å²) in [4.78, 5) is 2.15. The third kappa shape index (κ3) is 4.25. The number of hydrogen-bond acceptors (Lipinski definition) is 2. The molecule has 0 aliphatic rings. The van der Waals surface area contributed by atoms with Gasteiger partial charge >= 0.3 is 0 Å². The molecule has 0 aliphatic carbocycles. The van der Waals surface area contributed by atoms with Gasteiger partial charge in [0.15, 0.2) is 0 Å². The van der Waals surface area contributed by atoms with Crippen LogP contribution in [0.1, 0.15) is 45.2 Å². The van der Waals surface area contributed by atoms with E-state index in [2.05, 4.69) is 18.7 Å². The first-order valence-corrected chi connectivity index (χ1v) is 7.46. The summed E-state index contributed by atoms with van der Waals surface area (Å²) in [6.07, 6.45) is 2.16. The Balaban J connectivity index is 2.99. The smallest absolute Gasteiger partial charge is 0.128 e. The molecule has 1 aromatic carbocycles. The fourth-order valence-corrected chi connectivity index (χ4v) is 2.60. The molecule has 0 amide bonds. The van der Waals surface area contributed by atoms with Crippen LogP contribution in [0.5, 0.6) is 0 Å². The van der Waals surface area contributed by atoms with Gasteiger partial charge in [0.05, 0.1) is 0 Å². The average Bonchev–Trinajstić information content (AvgIpc) is 2.46. The van der Waals surface area contributed by atoms with Crippen molar-refractivity contribution in [3.8, 4) is 0 Å². The minimum absolute atomic E-state index is 0.267. The van der Waals surface area contributed by atoms with Crippen LogP contribution in [0.15, 0.2) is 18.2 Å². The number of nitrogens with two attached hydrogens (primary N) is 1. The van der Waals surface area contributed by atoms with Crippen molar-refractivity contribution in [1.29, 1.82) is 0 Å². The van der Waals surface area contributed by atoms with Crippen molar-refractivity contribution in [2.24, 2.45) is 11.7 Å². The second-order valence-electron chi connectivity index (χ2n) is 5.19. The first kappa shape index (κ1) is 17.1. The monoisotopic (exact) mass is 284 g/mol. The summed E-state index contributed by atoms with van der Waals surface area (Å²) in [6.45, 7) is 8.26. The number of likely N-dealkylation sites (N-methyl/N-ethyl adjacent to an activating group) is 1. The molecule has 0 aromatic heterocycles. The lowest BCUT2D eigenvalue weighted by Crippen LogP contribution is -2.37. The molecule has 0 spiro atoms. The summed E-state index contributed by atoms with van der Waals surface area (Å²) in [6, 6.07) is 3.32. The predicted molar refractivity (Wildman–Crippen MR) is 79.5 cm³/mol. The van der Waals surface area contributed by atoms with Crippen LogP contribution in [-0.2, 0) is 0 Å². The quantitative estimate of drug-likeness (QED) is 0.788. The van der Waals surface area contributed by atoms with Gasteiger partial charge in [0.2, 0.25) is 0 Å². The molecule has 0 aliphatic heterocycles. The molecule has 0 saturated carbocycles. The van der Waals surface area contributed by atoms with Gasteiger partial charge in [0, 0.05) is 24.7 Å². The van der Waals surface area contributed by atoms with Gasteiger partial charge in [-0.25, -0.2) is 8.78 Å². The van der Waals surface area contributed by atoms with Crippen molar-refractivity contribution in [2.45, 2.75) is 39.7 Å². The Bertz CT molecular complexity index is 405. The number of hydrogen-bond donors (Lipinski definition) is 1. The van der Waals surface area contributed by atoms with Gasteiger partial charge in [0.25, 0.3) is 0 Å². The molecule has 1 unspecified atom stereocenters. The summed E-state index contributed by atoms with van der Waals surface area (Å²) in [7, 11) is 0. The van der Waals surface area contributed by atoms with Gasteiger partial charge < -0.3 is 5.73 Å². The zero-order valence-electron chi connectivity index (χ0n) is 12.7. The molecule has 1 atom stereocenters. The fraction of sp³-hybridized carbons (Fsp3) is 0.625. The first-order valence-electron chi connectivity index (χ1n) is 7.46. The highest BCUT2D eigenvalue weighted by Gasteiger charge is 2.23. The van der Waals surface area contributed by atoms with Gasteiger partial charge in [-0.3, -0.25) is 4.90 Å². The van der Waals surface area contributed by atoms with E-state index in [1.807, 2.05) is 6.92 Å². The fourth-order valence-electron chi connectivity index (χ4n) is 2.60. The highest BCUT2D eigenvalue weighted by atomic mass is 19.1. The van der Waals surface area contributed by atoms with Crippen molar-refractivity contribution >= 4 is 0 Å². The normalized spacial score (nSPS) is 13.2. The molecule has 4 heteroatoms. The standard InChI is InChI=1S/C16H26F2N2/c1-4-12(5-2)11-20(6-3)16(10-19)14-9-13(17)7-8-15(14)18/h7-9,12,16H,4-6,10-11,19H2,1-3H3. The van der Waals surface area contributed by atoms with Gasteiger partial charge in [-0.15, -0.1) is 0 Å². The minimum Gasteiger partial charge on any atom is -0.329 e. The Hall–Kier alpha value is -1.00. The van der Waals surface area contributed by atoms with Crippen LogP contribution in [0, 0.1) is 17.6 Å². The van der Waals surface area contributed by atoms with Crippen molar-refractivity contribution < 1.29 is 8.78 Å². The Labute approximate surface area is 121 Å². The molecule has 20 heavy (non-hydrogen) atoms. The summed E-state index contributed by atoms with van der Waals surface area (Å²) in [5.41, 5.74) is 6.19. The summed E-state index contributed by atoms with van der Waals surface area (Å²) < 4.78 is 27.3. The Morgan fingerprint density at radius 2 is 1.80 bits per heavy atom. The Morgan fingerprint density at radius 1 is 1.15 bits per heavy atom. The van der Waals surface area contributed by atoms with E-state index < -0.39 is 5.82 Å². The number of halogens is 2. The van der Waals surface area contributed by atoms with Crippen LogP contribution >= 0.6 is 0 Å². The van der Waals surface area contributed by atoms with Crippen LogP contribution in [0.25, 0.3) is 0 Å². The second-order valence-corrected chi connectivity index (χ2v) is 5.19. The number of benzene rings is 1. The molecule has 0 saturated heterocycles. The molecule has 114 valence electrons. The van der Waals surface area contributed by atoms with Gasteiger partial charge in [-0.05, 0) is 30.7 Å². The lowest BCUT2D eigenvalue weighted by atomic mass is 9.99. The Kier molecular flexibility index (Phi) is 7.10. The molecular formula is C16H26F2N2. The van der Waals surface area contributed by atoms with Gasteiger partial charge in [-0.1, -0.05) is 33.6 Å². The number of rotatable bonds is 8. The van der Waals surface area contributed by atoms with E-state index in [0.717, 1.165) is 32.0 Å². The number of nitrogens with zero attached hydrogens (tertiary/aromatic N) is 1. The lowest BCUT2D eigenvalue weighted by molar-refractivity contribution is 0.171.